The van der Waals surface area contributed by atoms with Gasteiger partial charge in [0.2, 0.25) is 5.91 Å². The second-order valence-corrected chi connectivity index (χ2v) is 4.71. The van der Waals surface area contributed by atoms with E-state index in [1.165, 1.54) is 0 Å². The van der Waals surface area contributed by atoms with Crippen molar-refractivity contribution in [2.45, 2.75) is 58.0 Å². The maximum Gasteiger partial charge on any atom is 0.220 e. The van der Waals surface area contributed by atoms with Crippen LogP contribution in [0.25, 0.3) is 0 Å². The smallest absolute Gasteiger partial charge is 0.220 e. The molecule has 0 radical (unpaired) electrons. The van der Waals surface area contributed by atoms with Gasteiger partial charge in [0.1, 0.15) is 0 Å². The number of carbonyl (C=O) groups is 1. The second kappa shape index (κ2) is 5.35. The quantitative estimate of drug-likeness (QED) is 0.720. The van der Waals surface area contributed by atoms with Crippen molar-refractivity contribution < 1.29 is 4.79 Å². The van der Waals surface area contributed by atoms with Crippen LogP contribution in [0.15, 0.2) is 0 Å². The van der Waals surface area contributed by atoms with Gasteiger partial charge < -0.3 is 11.1 Å². The molecule has 0 saturated heterocycles. The number of carbonyl (C=O) groups excluding carboxylic acids is 1. The van der Waals surface area contributed by atoms with Crippen molar-refractivity contribution in [3.8, 4) is 0 Å². The number of rotatable bonds is 3. The number of nitrogens with two attached hydrogens (primary N) is 1. The van der Waals surface area contributed by atoms with Crippen LogP contribution in [-0.2, 0) is 4.79 Å². The molecular formula is C11H22N2O. The Kier molecular flexibility index (Phi) is 4.39. The molecule has 1 aliphatic rings. The molecular weight excluding hydrogens is 176 g/mol. The Morgan fingerprint density at radius 1 is 1.36 bits per heavy atom. The topological polar surface area (TPSA) is 55.1 Å². The summed E-state index contributed by atoms with van der Waals surface area (Å²) in [6.45, 7) is 3.99. The minimum atomic E-state index is 0.195. The molecule has 0 aromatic carbocycles. The van der Waals surface area contributed by atoms with Gasteiger partial charge in [0.25, 0.3) is 0 Å². The molecule has 0 unspecified atom stereocenters. The highest BCUT2D eigenvalue weighted by Crippen LogP contribution is 2.25. The van der Waals surface area contributed by atoms with Crippen LogP contribution in [0.5, 0.6) is 0 Å². The van der Waals surface area contributed by atoms with E-state index >= 15 is 0 Å². The van der Waals surface area contributed by atoms with Gasteiger partial charge in [0, 0.05) is 18.5 Å². The van der Waals surface area contributed by atoms with Gasteiger partial charge in [-0.25, -0.2) is 0 Å². The van der Waals surface area contributed by atoms with Crippen LogP contribution in [0.1, 0.15) is 46.0 Å². The molecule has 14 heavy (non-hydrogen) atoms. The van der Waals surface area contributed by atoms with Gasteiger partial charge in [-0.05, 0) is 45.4 Å². The molecule has 1 amide bonds. The molecule has 0 aliphatic heterocycles. The summed E-state index contributed by atoms with van der Waals surface area (Å²) >= 11 is 0. The molecule has 0 atom stereocenters. The summed E-state index contributed by atoms with van der Waals surface area (Å²) in [7, 11) is 0. The van der Waals surface area contributed by atoms with Crippen LogP contribution >= 0.6 is 0 Å². The Hall–Kier alpha value is -0.570. The molecule has 0 heterocycles. The highest BCUT2D eigenvalue weighted by atomic mass is 16.1. The van der Waals surface area contributed by atoms with Crippen molar-refractivity contribution in [3.63, 3.8) is 0 Å². The standard InChI is InChI=1S/C11H22N2O/c1-8(2)13-11(14)7-9-3-5-10(12)6-4-9/h8-10H,3-7,12H2,1-2H3,(H,13,14). The Morgan fingerprint density at radius 3 is 2.43 bits per heavy atom. The summed E-state index contributed by atoms with van der Waals surface area (Å²) in [5.41, 5.74) is 5.81. The first-order valence-electron chi connectivity index (χ1n) is 5.63. The summed E-state index contributed by atoms with van der Waals surface area (Å²) in [5, 5.41) is 2.93. The lowest BCUT2D eigenvalue weighted by molar-refractivity contribution is -0.122. The zero-order chi connectivity index (χ0) is 10.6. The lowest BCUT2D eigenvalue weighted by Gasteiger charge is -2.25. The van der Waals surface area contributed by atoms with Gasteiger partial charge in [0.15, 0.2) is 0 Å². The van der Waals surface area contributed by atoms with E-state index in [0.717, 1.165) is 25.7 Å². The third-order valence-corrected chi connectivity index (χ3v) is 2.82. The molecule has 82 valence electrons. The molecule has 0 aromatic heterocycles. The first-order chi connectivity index (χ1) is 6.58. The van der Waals surface area contributed by atoms with E-state index in [4.69, 9.17) is 5.73 Å². The third-order valence-electron chi connectivity index (χ3n) is 2.82. The monoisotopic (exact) mass is 198 g/mol. The van der Waals surface area contributed by atoms with Crippen LogP contribution in [0.2, 0.25) is 0 Å². The third kappa shape index (κ3) is 4.09. The molecule has 0 spiro atoms. The van der Waals surface area contributed by atoms with E-state index in [1.54, 1.807) is 0 Å². The maximum atomic E-state index is 11.5. The highest BCUT2D eigenvalue weighted by molar-refractivity contribution is 5.76. The average Bonchev–Trinajstić information content (AvgIpc) is 2.07. The fourth-order valence-electron chi connectivity index (χ4n) is 2.04. The Bertz CT molecular complexity index is 184. The number of amides is 1. The first kappa shape index (κ1) is 11.5. The molecule has 1 rings (SSSR count). The number of hydrogen-bond acceptors (Lipinski definition) is 2. The maximum absolute atomic E-state index is 11.5. The summed E-state index contributed by atoms with van der Waals surface area (Å²) in [6, 6.07) is 0.632. The van der Waals surface area contributed by atoms with Crippen LogP contribution in [0.4, 0.5) is 0 Å². The van der Waals surface area contributed by atoms with Crippen molar-refractivity contribution in [3.05, 3.63) is 0 Å². The van der Waals surface area contributed by atoms with Gasteiger partial charge >= 0.3 is 0 Å². The highest BCUT2D eigenvalue weighted by Gasteiger charge is 2.20. The van der Waals surface area contributed by atoms with Crippen LogP contribution in [0, 0.1) is 5.92 Å². The lowest BCUT2D eigenvalue weighted by atomic mass is 9.84. The predicted octanol–water partition coefficient (Wildman–Crippen LogP) is 1.42. The number of hydrogen-bond donors (Lipinski definition) is 2. The first-order valence-corrected chi connectivity index (χ1v) is 5.63. The van der Waals surface area contributed by atoms with Gasteiger partial charge in [0.05, 0.1) is 0 Å². The van der Waals surface area contributed by atoms with E-state index in [-0.39, 0.29) is 11.9 Å². The number of nitrogens with one attached hydrogen (secondary N) is 1. The van der Waals surface area contributed by atoms with Crippen molar-refractivity contribution in [2.24, 2.45) is 11.7 Å². The van der Waals surface area contributed by atoms with Gasteiger partial charge in [-0.3, -0.25) is 4.79 Å². The van der Waals surface area contributed by atoms with Crippen molar-refractivity contribution >= 4 is 5.91 Å². The average molecular weight is 198 g/mol. The molecule has 1 saturated carbocycles. The summed E-state index contributed by atoms with van der Waals surface area (Å²) in [4.78, 5) is 11.5. The van der Waals surface area contributed by atoms with Crippen molar-refractivity contribution in [1.82, 2.24) is 5.32 Å². The van der Waals surface area contributed by atoms with Crippen LogP contribution in [0.3, 0.4) is 0 Å². The minimum Gasteiger partial charge on any atom is -0.354 e. The minimum absolute atomic E-state index is 0.195. The largest absolute Gasteiger partial charge is 0.354 e. The van der Waals surface area contributed by atoms with E-state index in [0.29, 0.717) is 18.4 Å². The Morgan fingerprint density at radius 2 is 1.93 bits per heavy atom. The molecule has 1 aliphatic carbocycles. The lowest BCUT2D eigenvalue weighted by Crippen LogP contribution is -2.33. The Balaban J connectivity index is 2.20. The summed E-state index contributed by atoms with van der Waals surface area (Å²) < 4.78 is 0. The normalized spacial score (nSPS) is 27.7. The van der Waals surface area contributed by atoms with Gasteiger partial charge in [-0.15, -0.1) is 0 Å². The molecule has 3 N–H and O–H groups in total. The van der Waals surface area contributed by atoms with E-state index < -0.39 is 0 Å². The summed E-state index contributed by atoms with van der Waals surface area (Å²) in [6.07, 6.45) is 5.09. The summed E-state index contributed by atoms with van der Waals surface area (Å²) in [5.74, 6) is 0.758. The van der Waals surface area contributed by atoms with E-state index in [1.807, 2.05) is 13.8 Å². The molecule has 0 aromatic rings. The van der Waals surface area contributed by atoms with Gasteiger partial charge in [-0.2, -0.15) is 0 Å². The molecule has 0 bridgehead atoms. The predicted molar refractivity (Wildman–Crippen MR) is 57.8 cm³/mol. The zero-order valence-electron chi connectivity index (χ0n) is 9.25. The van der Waals surface area contributed by atoms with E-state index in [9.17, 15) is 4.79 Å². The van der Waals surface area contributed by atoms with E-state index in [2.05, 4.69) is 5.32 Å². The van der Waals surface area contributed by atoms with Crippen molar-refractivity contribution in [2.75, 3.05) is 0 Å². The second-order valence-electron chi connectivity index (χ2n) is 4.71. The van der Waals surface area contributed by atoms with Gasteiger partial charge in [-0.1, -0.05) is 0 Å². The van der Waals surface area contributed by atoms with Crippen molar-refractivity contribution in [1.29, 1.82) is 0 Å². The molecule has 3 heteroatoms. The van der Waals surface area contributed by atoms with Crippen LogP contribution < -0.4 is 11.1 Å². The Labute approximate surface area is 86.4 Å². The molecule has 3 nitrogen and oxygen atoms in total. The zero-order valence-corrected chi connectivity index (χ0v) is 9.25. The fourth-order valence-corrected chi connectivity index (χ4v) is 2.04. The molecule has 1 fully saturated rings. The SMILES string of the molecule is CC(C)NC(=O)CC1CCC(N)CC1. The van der Waals surface area contributed by atoms with Crippen LogP contribution in [-0.4, -0.2) is 18.0 Å². The fraction of sp³-hybridized carbons (Fsp3) is 0.909.